The van der Waals surface area contributed by atoms with Crippen LogP contribution in [0.25, 0.3) is 10.8 Å². The number of likely N-dealkylation sites (N-methyl/N-ethyl adjacent to an activating group) is 1. The number of ether oxygens (including phenoxy) is 2. The van der Waals surface area contributed by atoms with E-state index in [-0.39, 0.29) is 19.1 Å². The first kappa shape index (κ1) is 29.8. The third-order valence-corrected chi connectivity index (χ3v) is 9.46. The minimum Gasteiger partial charge on any atom is -0.462 e. The number of amides is 1. The van der Waals surface area contributed by atoms with E-state index in [2.05, 4.69) is 70.3 Å². The number of rotatable bonds is 8. The largest absolute Gasteiger partial charge is 0.462 e. The van der Waals surface area contributed by atoms with Crippen LogP contribution in [0.15, 0.2) is 72.8 Å². The predicted molar refractivity (Wildman–Crippen MR) is 177 cm³/mol. The SMILES string of the molecule is CN1CCC[C@H]1COc1nc2c(c(N3CCN(C(=O)OCc4ccccc4)[C@@H](CC#N)C3)n1)CN(c1ccc3ccccc3c1)C2. The van der Waals surface area contributed by atoms with Crippen LogP contribution in [0, 0.1) is 11.3 Å². The number of fused-ring (bicyclic) bond motifs is 2. The van der Waals surface area contributed by atoms with Crippen LogP contribution in [-0.2, 0) is 24.4 Å². The lowest BCUT2D eigenvalue weighted by Crippen LogP contribution is -2.55. The topological polar surface area (TPSA) is 98.1 Å². The number of carbonyl (C=O) groups excluding carboxylic acids is 1. The van der Waals surface area contributed by atoms with Gasteiger partial charge in [-0.2, -0.15) is 15.2 Å². The lowest BCUT2D eigenvalue weighted by Gasteiger charge is -2.41. The highest BCUT2D eigenvalue weighted by molar-refractivity contribution is 5.86. The van der Waals surface area contributed by atoms with Gasteiger partial charge in [-0.15, -0.1) is 0 Å². The van der Waals surface area contributed by atoms with Crippen molar-refractivity contribution in [1.29, 1.82) is 5.26 Å². The summed E-state index contributed by atoms with van der Waals surface area (Å²) in [4.78, 5) is 31.7. The van der Waals surface area contributed by atoms with E-state index in [0.29, 0.717) is 51.4 Å². The Morgan fingerprint density at radius 2 is 1.76 bits per heavy atom. The number of nitriles is 1. The van der Waals surface area contributed by atoms with Gasteiger partial charge < -0.3 is 29.1 Å². The zero-order valence-corrected chi connectivity index (χ0v) is 26.2. The molecule has 7 rings (SSSR count). The first-order chi connectivity index (χ1) is 22.6. The van der Waals surface area contributed by atoms with E-state index < -0.39 is 6.09 Å². The van der Waals surface area contributed by atoms with Gasteiger partial charge >= 0.3 is 12.1 Å². The molecule has 0 spiro atoms. The monoisotopic (exact) mass is 617 g/mol. The Morgan fingerprint density at radius 3 is 2.57 bits per heavy atom. The fourth-order valence-electron chi connectivity index (χ4n) is 6.83. The first-order valence-electron chi connectivity index (χ1n) is 16.1. The van der Waals surface area contributed by atoms with Crippen molar-refractivity contribution >= 4 is 28.4 Å². The van der Waals surface area contributed by atoms with Crippen molar-refractivity contribution in [3.8, 4) is 12.1 Å². The number of hydrogen-bond acceptors (Lipinski definition) is 9. The van der Waals surface area contributed by atoms with Crippen LogP contribution in [0.1, 0.15) is 36.1 Å². The van der Waals surface area contributed by atoms with Crippen LogP contribution in [0.5, 0.6) is 6.01 Å². The second kappa shape index (κ2) is 13.2. The lowest BCUT2D eigenvalue weighted by atomic mass is 10.1. The van der Waals surface area contributed by atoms with Crippen molar-refractivity contribution in [1.82, 2.24) is 19.8 Å². The van der Waals surface area contributed by atoms with Crippen molar-refractivity contribution < 1.29 is 14.3 Å². The number of carbonyl (C=O) groups is 1. The molecule has 1 aromatic heterocycles. The Morgan fingerprint density at radius 1 is 0.935 bits per heavy atom. The van der Waals surface area contributed by atoms with E-state index >= 15 is 0 Å². The molecule has 0 aliphatic carbocycles. The van der Waals surface area contributed by atoms with Crippen LogP contribution in [0.4, 0.5) is 16.3 Å². The Balaban J connectivity index is 1.13. The quantitative estimate of drug-likeness (QED) is 0.259. The molecule has 236 valence electrons. The van der Waals surface area contributed by atoms with Crippen molar-refractivity contribution in [3.63, 3.8) is 0 Å². The van der Waals surface area contributed by atoms with Gasteiger partial charge in [-0.1, -0.05) is 60.7 Å². The molecule has 4 heterocycles. The molecule has 0 saturated carbocycles. The molecular weight excluding hydrogens is 578 g/mol. The third-order valence-electron chi connectivity index (χ3n) is 9.46. The molecule has 2 atom stereocenters. The highest BCUT2D eigenvalue weighted by Gasteiger charge is 2.36. The Kier molecular flexibility index (Phi) is 8.57. The Bertz CT molecular complexity index is 1740. The van der Waals surface area contributed by atoms with Gasteiger partial charge in [0, 0.05) is 43.5 Å². The number of anilines is 2. The molecule has 3 aliphatic rings. The number of nitrogens with zero attached hydrogens (tertiary/aromatic N) is 7. The second-order valence-corrected chi connectivity index (χ2v) is 12.4. The van der Waals surface area contributed by atoms with Crippen LogP contribution in [-0.4, -0.2) is 77.8 Å². The summed E-state index contributed by atoms with van der Waals surface area (Å²) >= 11 is 0. The molecule has 10 nitrogen and oxygen atoms in total. The van der Waals surface area contributed by atoms with Gasteiger partial charge in [-0.3, -0.25) is 0 Å². The molecule has 2 fully saturated rings. The summed E-state index contributed by atoms with van der Waals surface area (Å²) in [5.41, 5.74) is 4.07. The number of benzene rings is 3. The summed E-state index contributed by atoms with van der Waals surface area (Å²) in [7, 11) is 2.14. The van der Waals surface area contributed by atoms with E-state index in [1.54, 1.807) is 4.90 Å². The molecule has 3 aromatic carbocycles. The van der Waals surface area contributed by atoms with Crippen LogP contribution < -0.4 is 14.5 Å². The van der Waals surface area contributed by atoms with Gasteiger partial charge in [0.15, 0.2) is 0 Å². The molecule has 0 unspecified atom stereocenters. The molecule has 1 amide bonds. The average Bonchev–Trinajstić information content (AvgIpc) is 3.72. The fraction of sp³-hybridized carbons (Fsp3) is 0.389. The third kappa shape index (κ3) is 6.28. The average molecular weight is 618 g/mol. The van der Waals surface area contributed by atoms with E-state index in [0.717, 1.165) is 41.3 Å². The van der Waals surface area contributed by atoms with E-state index in [1.165, 1.54) is 17.2 Å². The second-order valence-electron chi connectivity index (χ2n) is 12.4. The van der Waals surface area contributed by atoms with Gasteiger partial charge in [-0.05, 0) is 54.9 Å². The zero-order chi connectivity index (χ0) is 31.5. The Hall–Kier alpha value is -4.88. The summed E-state index contributed by atoms with van der Waals surface area (Å²) in [6.07, 6.45) is 2.07. The van der Waals surface area contributed by atoms with E-state index in [9.17, 15) is 10.1 Å². The van der Waals surface area contributed by atoms with Crippen molar-refractivity contribution in [2.45, 2.75) is 51.0 Å². The van der Waals surface area contributed by atoms with Gasteiger partial charge in [0.1, 0.15) is 19.0 Å². The first-order valence-corrected chi connectivity index (χ1v) is 16.1. The number of piperazine rings is 1. The minimum atomic E-state index is -0.399. The van der Waals surface area contributed by atoms with Crippen molar-refractivity contribution in [3.05, 3.63) is 89.6 Å². The maximum atomic E-state index is 13.2. The molecule has 4 aromatic rings. The number of likely N-dealkylation sites (tertiary alicyclic amines) is 1. The predicted octanol–water partition coefficient (Wildman–Crippen LogP) is 5.36. The van der Waals surface area contributed by atoms with Gasteiger partial charge in [0.25, 0.3) is 0 Å². The summed E-state index contributed by atoms with van der Waals surface area (Å²) < 4.78 is 11.9. The molecule has 46 heavy (non-hydrogen) atoms. The number of hydrogen-bond donors (Lipinski definition) is 0. The molecule has 10 heteroatoms. The smallest absolute Gasteiger partial charge is 0.410 e. The maximum absolute atomic E-state index is 13.2. The summed E-state index contributed by atoms with van der Waals surface area (Å²) in [6.45, 7) is 4.58. The maximum Gasteiger partial charge on any atom is 0.410 e. The van der Waals surface area contributed by atoms with Crippen LogP contribution in [0.3, 0.4) is 0 Å². The Labute approximate surface area is 269 Å². The summed E-state index contributed by atoms with van der Waals surface area (Å²) in [5.74, 6) is 0.823. The van der Waals surface area contributed by atoms with E-state index in [4.69, 9.17) is 19.4 Å². The highest BCUT2D eigenvalue weighted by atomic mass is 16.6. The highest BCUT2D eigenvalue weighted by Crippen LogP contribution is 2.36. The lowest BCUT2D eigenvalue weighted by molar-refractivity contribution is 0.0767. The number of aromatic nitrogens is 2. The molecule has 0 N–H and O–H groups in total. The minimum absolute atomic E-state index is 0.195. The zero-order valence-electron chi connectivity index (χ0n) is 26.2. The normalized spacial score (nSPS) is 19.7. The summed E-state index contributed by atoms with van der Waals surface area (Å²) in [6, 6.07) is 27.3. The van der Waals surface area contributed by atoms with Crippen molar-refractivity contribution in [2.24, 2.45) is 0 Å². The molecular formula is C36H39N7O3. The van der Waals surface area contributed by atoms with Gasteiger partial charge in [0.2, 0.25) is 0 Å². The molecule has 0 radical (unpaired) electrons. The molecule has 0 bridgehead atoms. The molecule has 3 aliphatic heterocycles. The van der Waals surface area contributed by atoms with Gasteiger partial charge in [0.05, 0.1) is 30.8 Å². The fourth-order valence-corrected chi connectivity index (χ4v) is 6.83. The standard InChI is InChI=1S/C36H39N7O3/c1-40-17-7-12-31(40)25-45-35-38-33-23-42(29-14-13-27-10-5-6-11-28(27)20-29)22-32(33)34(39-35)41-18-19-43(30(21-41)15-16-37)36(44)46-24-26-8-3-2-4-9-26/h2-6,8-11,13-14,20,30-31H,7,12,15,17-19,21-25H2,1H3/t30-,31-/m0/s1. The van der Waals surface area contributed by atoms with Gasteiger partial charge in [-0.25, -0.2) is 4.79 Å². The summed E-state index contributed by atoms with van der Waals surface area (Å²) in [5, 5.41) is 12.1. The van der Waals surface area contributed by atoms with E-state index in [1.807, 2.05) is 30.3 Å². The molecule has 2 saturated heterocycles. The van der Waals surface area contributed by atoms with Crippen LogP contribution >= 0.6 is 0 Å². The van der Waals surface area contributed by atoms with Crippen molar-refractivity contribution in [2.75, 3.05) is 49.6 Å². The van der Waals surface area contributed by atoms with Crippen LogP contribution in [0.2, 0.25) is 0 Å².